The molecule has 1 N–H and O–H groups in total. The molecule has 2 aromatic carbocycles. The van der Waals surface area contributed by atoms with Gasteiger partial charge in [-0.25, -0.2) is 0 Å². The topological polar surface area (TPSA) is 81.7 Å². The molecule has 5 rings (SSSR count). The minimum atomic E-state index is -0.588. The van der Waals surface area contributed by atoms with Gasteiger partial charge in [0.15, 0.2) is 18.2 Å². The first kappa shape index (κ1) is 25.1. The first-order valence-corrected chi connectivity index (χ1v) is 13.2. The predicted octanol–water partition coefficient (Wildman–Crippen LogP) is 6.90. The normalized spacial score (nSPS) is 18.0. The van der Waals surface area contributed by atoms with Gasteiger partial charge in [0, 0.05) is 52.6 Å². The highest BCUT2D eigenvalue weighted by Crippen LogP contribution is 2.50. The van der Waals surface area contributed by atoms with Crippen LogP contribution in [0.3, 0.4) is 0 Å². The monoisotopic (exact) mass is 589 g/mol. The fourth-order valence-electron chi connectivity index (χ4n) is 4.92. The number of rotatable bonds is 5. The van der Waals surface area contributed by atoms with Crippen LogP contribution in [-0.4, -0.2) is 24.1 Å². The van der Waals surface area contributed by atoms with Crippen molar-refractivity contribution < 1.29 is 23.9 Å². The highest BCUT2D eigenvalue weighted by atomic mass is 79.9. The quantitative estimate of drug-likeness (QED) is 0.409. The number of Topliss-reactive ketones (excluding diaryl/α,β-unsaturated/α-hetero) is 2. The summed E-state index contributed by atoms with van der Waals surface area (Å²) in [6, 6.07) is 10.2. The van der Waals surface area contributed by atoms with Gasteiger partial charge < -0.3 is 14.8 Å². The molecule has 0 saturated carbocycles. The number of allylic oxidation sites excluding steroid dienone is 4. The molecule has 1 heterocycles. The number of benzene rings is 2. The van der Waals surface area contributed by atoms with Crippen LogP contribution < -0.4 is 10.1 Å². The Kier molecular flexibility index (Phi) is 7.24. The molecule has 0 radical (unpaired) electrons. The lowest BCUT2D eigenvalue weighted by atomic mass is 9.73. The third-order valence-electron chi connectivity index (χ3n) is 6.49. The van der Waals surface area contributed by atoms with Crippen LogP contribution in [-0.2, 0) is 19.1 Å². The second-order valence-electron chi connectivity index (χ2n) is 8.91. The Labute approximate surface area is 226 Å². The van der Waals surface area contributed by atoms with Crippen LogP contribution in [0.5, 0.6) is 5.75 Å². The van der Waals surface area contributed by atoms with E-state index in [4.69, 9.17) is 32.7 Å². The summed E-state index contributed by atoms with van der Waals surface area (Å²) in [5.41, 5.74) is 2.20. The number of ketones is 2. The molecule has 186 valence electrons. The fraction of sp³-hybridized carbons (Fsp3) is 0.296. The number of carbonyl (C=O) groups excluding carboxylic acids is 3. The van der Waals surface area contributed by atoms with E-state index in [1.54, 1.807) is 30.3 Å². The lowest BCUT2D eigenvalue weighted by Gasteiger charge is -2.36. The van der Waals surface area contributed by atoms with E-state index in [2.05, 4.69) is 21.2 Å². The minimum absolute atomic E-state index is 0.0190. The summed E-state index contributed by atoms with van der Waals surface area (Å²) >= 11 is 15.5. The van der Waals surface area contributed by atoms with Crippen LogP contribution >= 0.6 is 39.1 Å². The SMILES string of the molecule is O=C(COc1ccc(Br)cc1C1C2=C(CCCC2=O)OC2=C1C(=O)CCC2)Nc1ccc(Cl)c(Cl)c1. The molecular formula is C27H22BrCl2NO5. The Bertz CT molecular complexity index is 1310. The summed E-state index contributed by atoms with van der Waals surface area (Å²) in [4.78, 5) is 38.8. The van der Waals surface area contributed by atoms with Crippen molar-refractivity contribution in [3.63, 3.8) is 0 Å². The summed E-state index contributed by atoms with van der Waals surface area (Å²) in [6.45, 7) is -0.280. The Morgan fingerprint density at radius 3 is 2.25 bits per heavy atom. The molecular weight excluding hydrogens is 569 g/mol. The van der Waals surface area contributed by atoms with Gasteiger partial charge in [0.2, 0.25) is 0 Å². The first-order chi connectivity index (χ1) is 17.3. The molecule has 2 aromatic rings. The minimum Gasteiger partial charge on any atom is -0.483 e. The first-order valence-electron chi connectivity index (χ1n) is 11.7. The van der Waals surface area contributed by atoms with Crippen molar-refractivity contribution in [2.24, 2.45) is 0 Å². The van der Waals surface area contributed by atoms with Crippen molar-refractivity contribution in [1.82, 2.24) is 0 Å². The molecule has 0 spiro atoms. The third-order valence-corrected chi connectivity index (χ3v) is 7.72. The maximum absolute atomic E-state index is 13.1. The van der Waals surface area contributed by atoms with Crippen molar-refractivity contribution in [1.29, 1.82) is 0 Å². The maximum atomic E-state index is 13.1. The highest BCUT2D eigenvalue weighted by molar-refractivity contribution is 9.10. The zero-order valence-corrected chi connectivity index (χ0v) is 22.3. The predicted molar refractivity (Wildman–Crippen MR) is 140 cm³/mol. The average Bonchev–Trinajstić information content (AvgIpc) is 2.85. The zero-order chi connectivity index (χ0) is 25.4. The van der Waals surface area contributed by atoms with Gasteiger partial charge in [-0.2, -0.15) is 0 Å². The van der Waals surface area contributed by atoms with Crippen molar-refractivity contribution in [2.45, 2.75) is 44.4 Å². The molecule has 9 heteroatoms. The van der Waals surface area contributed by atoms with Gasteiger partial charge in [-0.3, -0.25) is 14.4 Å². The molecule has 2 aliphatic carbocycles. The molecule has 0 aromatic heterocycles. The van der Waals surface area contributed by atoms with E-state index in [0.29, 0.717) is 75.4 Å². The van der Waals surface area contributed by atoms with Crippen LogP contribution in [0, 0.1) is 0 Å². The number of nitrogens with one attached hydrogen (secondary N) is 1. The van der Waals surface area contributed by atoms with Crippen molar-refractivity contribution in [2.75, 3.05) is 11.9 Å². The van der Waals surface area contributed by atoms with Crippen LogP contribution in [0.25, 0.3) is 0 Å². The molecule has 0 unspecified atom stereocenters. The van der Waals surface area contributed by atoms with E-state index in [0.717, 1.165) is 17.3 Å². The van der Waals surface area contributed by atoms with Gasteiger partial charge in [0.05, 0.1) is 16.0 Å². The van der Waals surface area contributed by atoms with E-state index in [-0.39, 0.29) is 18.2 Å². The van der Waals surface area contributed by atoms with Crippen molar-refractivity contribution in [3.8, 4) is 5.75 Å². The van der Waals surface area contributed by atoms with Gasteiger partial charge in [-0.05, 0) is 49.2 Å². The average molecular weight is 591 g/mol. The second kappa shape index (κ2) is 10.4. The van der Waals surface area contributed by atoms with Gasteiger partial charge in [0.1, 0.15) is 17.3 Å². The summed E-state index contributed by atoms with van der Waals surface area (Å²) in [5.74, 6) is 0.696. The number of halogens is 3. The van der Waals surface area contributed by atoms with Crippen LogP contribution in [0.2, 0.25) is 10.0 Å². The standard InChI is InChI=1S/C27H22BrCl2NO5/c28-14-7-10-21(35-13-24(34)31-15-8-9-17(29)18(30)12-15)16(11-14)25-26-19(32)3-1-5-22(26)36-23-6-2-4-20(33)27(23)25/h7-12,25H,1-6,13H2,(H,31,34). The summed E-state index contributed by atoms with van der Waals surface area (Å²) in [6.07, 6.45) is 3.56. The molecule has 0 bridgehead atoms. The summed E-state index contributed by atoms with van der Waals surface area (Å²) in [5, 5.41) is 3.45. The largest absolute Gasteiger partial charge is 0.483 e. The summed E-state index contributed by atoms with van der Waals surface area (Å²) in [7, 11) is 0. The van der Waals surface area contributed by atoms with E-state index >= 15 is 0 Å². The number of hydrogen-bond donors (Lipinski definition) is 1. The van der Waals surface area contributed by atoms with Gasteiger partial charge in [-0.15, -0.1) is 0 Å². The lowest BCUT2D eigenvalue weighted by Crippen LogP contribution is -2.30. The highest BCUT2D eigenvalue weighted by Gasteiger charge is 2.42. The fourth-order valence-corrected chi connectivity index (χ4v) is 5.60. The van der Waals surface area contributed by atoms with E-state index in [9.17, 15) is 14.4 Å². The lowest BCUT2D eigenvalue weighted by molar-refractivity contribution is -0.119. The number of amides is 1. The molecule has 6 nitrogen and oxygen atoms in total. The van der Waals surface area contributed by atoms with Crippen molar-refractivity contribution in [3.05, 3.63) is 79.1 Å². The van der Waals surface area contributed by atoms with E-state index in [1.807, 2.05) is 6.07 Å². The Balaban J connectivity index is 1.47. The van der Waals surface area contributed by atoms with E-state index < -0.39 is 11.8 Å². The smallest absolute Gasteiger partial charge is 0.262 e. The van der Waals surface area contributed by atoms with Crippen LogP contribution in [0.4, 0.5) is 5.69 Å². The van der Waals surface area contributed by atoms with Crippen molar-refractivity contribution >= 4 is 62.3 Å². The molecule has 3 aliphatic rings. The Morgan fingerprint density at radius 2 is 1.61 bits per heavy atom. The number of carbonyl (C=O) groups is 3. The second-order valence-corrected chi connectivity index (χ2v) is 10.6. The van der Waals surface area contributed by atoms with Crippen LogP contribution in [0.15, 0.2) is 63.5 Å². The van der Waals surface area contributed by atoms with Gasteiger partial charge in [-0.1, -0.05) is 39.1 Å². The molecule has 0 fully saturated rings. The molecule has 0 saturated heterocycles. The molecule has 36 heavy (non-hydrogen) atoms. The number of anilines is 1. The van der Waals surface area contributed by atoms with E-state index in [1.165, 1.54) is 0 Å². The Morgan fingerprint density at radius 1 is 0.944 bits per heavy atom. The Hall–Kier alpha value is -2.61. The molecule has 1 amide bonds. The zero-order valence-electron chi connectivity index (χ0n) is 19.2. The van der Waals surface area contributed by atoms with Crippen LogP contribution in [0.1, 0.15) is 50.0 Å². The van der Waals surface area contributed by atoms with Gasteiger partial charge in [0.25, 0.3) is 5.91 Å². The number of ether oxygens (including phenoxy) is 2. The third kappa shape index (κ3) is 4.97. The molecule has 1 aliphatic heterocycles. The summed E-state index contributed by atoms with van der Waals surface area (Å²) < 4.78 is 12.9. The molecule has 0 atom stereocenters. The van der Waals surface area contributed by atoms with Gasteiger partial charge >= 0.3 is 0 Å². The number of hydrogen-bond acceptors (Lipinski definition) is 5. The maximum Gasteiger partial charge on any atom is 0.262 e.